The SMILES string of the molecule is NC(=O)C(=O)c1ccccc1C(=O)C(N)=O.c1cc2cc-2c1. The van der Waals surface area contributed by atoms with Crippen LogP contribution in [-0.2, 0) is 9.59 Å². The Kier molecular flexibility index (Phi) is 4.13. The van der Waals surface area contributed by atoms with Gasteiger partial charge in [0.2, 0.25) is 0 Å². The minimum atomic E-state index is -1.20. The summed E-state index contributed by atoms with van der Waals surface area (Å²) >= 11 is 0. The number of carbonyl (C=O) groups is 4. The monoisotopic (exact) mass is 296 g/mol. The Morgan fingerprint density at radius 2 is 1.05 bits per heavy atom. The van der Waals surface area contributed by atoms with Crippen molar-refractivity contribution >= 4 is 23.4 Å². The minimum absolute atomic E-state index is 0.223. The van der Waals surface area contributed by atoms with E-state index in [1.807, 2.05) is 0 Å². The van der Waals surface area contributed by atoms with Crippen molar-refractivity contribution in [3.8, 4) is 11.1 Å². The van der Waals surface area contributed by atoms with Gasteiger partial charge >= 0.3 is 0 Å². The van der Waals surface area contributed by atoms with E-state index in [1.54, 1.807) is 0 Å². The van der Waals surface area contributed by atoms with E-state index in [2.05, 4.69) is 24.3 Å². The third-order valence-corrected chi connectivity index (χ3v) is 2.98. The number of hydrogen-bond donors (Lipinski definition) is 2. The number of benzene rings is 2. The van der Waals surface area contributed by atoms with Crippen molar-refractivity contribution in [2.75, 3.05) is 0 Å². The van der Waals surface area contributed by atoms with Gasteiger partial charge in [0.1, 0.15) is 0 Å². The van der Waals surface area contributed by atoms with Crippen molar-refractivity contribution in [1.29, 1.82) is 0 Å². The summed E-state index contributed by atoms with van der Waals surface area (Å²) in [5.74, 6) is -4.48. The summed E-state index contributed by atoms with van der Waals surface area (Å²) in [6, 6.07) is 13.8. The van der Waals surface area contributed by atoms with Crippen molar-refractivity contribution < 1.29 is 19.2 Å². The molecule has 1 aromatic rings. The quantitative estimate of drug-likeness (QED) is 0.543. The second kappa shape index (κ2) is 6.01. The zero-order valence-corrected chi connectivity index (χ0v) is 11.4. The van der Waals surface area contributed by atoms with E-state index in [0.717, 1.165) is 0 Å². The standard InChI is InChI=1S/C10H8N2O4.C6H4/c11-9(15)7(13)5-3-1-2-4-6(5)8(14)10(12)16;1-2-5-4-6(5)3-1/h1-4H,(H2,11,15)(H2,12,16);1-4H. The Hall–Kier alpha value is -3.28. The number of carbonyl (C=O) groups excluding carboxylic acids is 4. The van der Waals surface area contributed by atoms with Crippen molar-refractivity contribution in [3.63, 3.8) is 0 Å². The van der Waals surface area contributed by atoms with Gasteiger partial charge in [0.15, 0.2) is 0 Å². The minimum Gasteiger partial charge on any atom is -0.363 e. The van der Waals surface area contributed by atoms with Crippen LogP contribution in [0, 0.1) is 0 Å². The van der Waals surface area contributed by atoms with Gasteiger partial charge in [0, 0.05) is 11.1 Å². The van der Waals surface area contributed by atoms with Crippen LogP contribution in [0.1, 0.15) is 20.7 Å². The first-order chi connectivity index (χ1) is 10.4. The first-order valence-corrected chi connectivity index (χ1v) is 6.29. The number of rotatable bonds is 4. The van der Waals surface area contributed by atoms with Gasteiger partial charge in [-0.25, -0.2) is 0 Å². The highest BCUT2D eigenvalue weighted by atomic mass is 16.2. The van der Waals surface area contributed by atoms with Crippen molar-refractivity contribution in [2.24, 2.45) is 11.5 Å². The predicted molar refractivity (Wildman–Crippen MR) is 78.9 cm³/mol. The number of hydrogen-bond acceptors (Lipinski definition) is 4. The molecule has 0 aliphatic heterocycles. The maximum Gasteiger partial charge on any atom is 0.289 e. The number of Topliss-reactive ketones (excluding diaryl/α,β-unsaturated/α-hetero) is 2. The fourth-order valence-corrected chi connectivity index (χ4v) is 1.82. The van der Waals surface area contributed by atoms with Gasteiger partial charge in [-0.15, -0.1) is 0 Å². The van der Waals surface area contributed by atoms with E-state index in [4.69, 9.17) is 11.5 Å². The van der Waals surface area contributed by atoms with Crippen LogP contribution in [0.25, 0.3) is 11.1 Å². The molecule has 4 N–H and O–H groups in total. The highest BCUT2D eigenvalue weighted by Crippen LogP contribution is 2.32. The molecule has 3 rings (SSSR count). The molecule has 0 unspecified atom stereocenters. The van der Waals surface area contributed by atoms with Crippen LogP contribution in [-0.4, -0.2) is 23.4 Å². The lowest BCUT2D eigenvalue weighted by atomic mass is 9.99. The van der Waals surface area contributed by atoms with E-state index in [0.29, 0.717) is 0 Å². The Bertz CT molecular complexity index is 734. The van der Waals surface area contributed by atoms with Crippen LogP contribution in [0.3, 0.4) is 0 Å². The van der Waals surface area contributed by atoms with E-state index in [9.17, 15) is 19.2 Å². The topological polar surface area (TPSA) is 120 Å². The van der Waals surface area contributed by atoms with Crippen LogP contribution < -0.4 is 11.5 Å². The van der Waals surface area contributed by atoms with Gasteiger partial charge in [-0.3, -0.25) is 19.2 Å². The van der Waals surface area contributed by atoms with E-state index in [1.165, 1.54) is 35.4 Å². The smallest absolute Gasteiger partial charge is 0.289 e. The molecule has 0 fully saturated rings. The van der Waals surface area contributed by atoms with Gasteiger partial charge < -0.3 is 11.5 Å². The van der Waals surface area contributed by atoms with Gasteiger partial charge in [-0.2, -0.15) is 0 Å². The predicted octanol–water partition coefficient (Wildman–Crippen LogP) is 0.690. The number of amides is 2. The van der Waals surface area contributed by atoms with Gasteiger partial charge in [0.05, 0.1) is 0 Å². The molecule has 0 spiro atoms. The second-order valence-electron chi connectivity index (χ2n) is 4.51. The largest absolute Gasteiger partial charge is 0.363 e. The van der Waals surface area contributed by atoms with Crippen LogP contribution in [0.2, 0.25) is 0 Å². The summed E-state index contributed by atoms with van der Waals surface area (Å²) in [7, 11) is 0. The maximum atomic E-state index is 11.3. The Morgan fingerprint density at radius 1 is 0.636 bits per heavy atom. The summed E-state index contributed by atoms with van der Waals surface area (Å²) in [6.45, 7) is 0. The van der Waals surface area contributed by atoms with Crippen molar-refractivity contribution in [3.05, 3.63) is 59.7 Å². The molecule has 0 atom stereocenters. The average Bonchev–Trinajstić information content (AvgIpc) is 3.12. The highest BCUT2D eigenvalue weighted by molar-refractivity contribution is 6.48. The summed E-state index contributed by atoms with van der Waals surface area (Å²) in [5.41, 5.74) is 12.0. The lowest BCUT2D eigenvalue weighted by Gasteiger charge is -2.03. The maximum absolute atomic E-state index is 11.3. The average molecular weight is 296 g/mol. The van der Waals surface area contributed by atoms with Gasteiger partial charge in [0.25, 0.3) is 23.4 Å². The Balaban J connectivity index is 0.000000238. The third kappa shape index (κ3) is 3.24. The molecule has 0 bridgehead atoms. The fraction of sp³-hybridized carbons (Fsp3) is 0. The highest BCUT2D eigenvalue weighted by Gasteiger charge is 2.22. The molecule has 0 saturated carbocycles. The Labute approximate surface area is 125 Å². The molecule has 6 nitrogen and oxygen atoms in total. The lowest BCUT2D eigenvalue weighted by molar-refractivity contribution is -0.114. The van der Waals surface area contributed by atoms with Gasteiger partial charge in [-0.05, 0) is 17.2 Å². The molecular weight excluding hydrogens is 284 g/mol. The molecule has 0 aromatic heterocycles. The first kappa shape index (κ1) is 15.1. The number of primary amides is 2. The van der Waals surface area contributed by atoms with Crippen LogP contribution >= 0.6 is 0 Å². The first-order valence-electron chi connectivity index (χ1n) is 6.29. The van der Waals surface area contributed by atoms with Gasteiger partial charge in [-0.1, -0.05) is 42.5 Å². The van der Waals surface area contributed by atoms with Crippen LogP contribution in [0.4, 0.5) is 0 Å². The number of ketones is 2. The molecule has 0 radical (unpaired) electrons. The van der Waals surface area contributed by atoms with Crippen LogP contribution in [0.15, 0.2) is 48.5 Å². The Morgan fingerprint density at radius 3 is 1.27 bits per heavy atom. The summed E-state index contributed by atoms with van der Waals surface area (Å²) < 4.78 is 0. The molecule has 0 heterocycles. The molecular formula is C16H12N2O4. The van der Waals surface area contributed by atoms with E-state index in [-0.39, 0.29) is 11.1 Å². The summed E-state index contributed by atoms with van der Waals surface area (Å²) in [4.78, 5) is 44.0. The molecule has 6 heteroatoms. The molecule has 2 aliphatic rings. The molecule has 2 aliphatic carbocycles. The lowest BCUT2D eigenvalue weighted by Crippen LogP contribution is -2.28. The van der Waals surface area contributed by atoms with E-state index < -0.39 is 23.4 Å². The normalized spacial score (nSPS) is 10.0. The summed E-state index contributed by atoms with van der Waals surface area (Å²) in [6.07, 6.45) is 0. The molecule has 2 amide bonds. The third-order valence-electron chi connectivity index (χ3n) is 2.98. The molecule has 1 aromatic carbocycles. The fourth-order valence-electron chi connectivity index (χ4n) is 1.82. The molecule has 0 saturated heterocycles. The summed E-state index contributed by atoms with van der Waals surface area (Å²) in [5, 5.41) is 0. The van der Waals surface area contributed by atoms with Crippen molar-refractivity contribution in [1.82, 2.24) is 0 Å². The molecule has 110 valence electrons. The van der Waals surface area contributed by atoms with Crippen LogP contribution in [0.5, 0.6) is 0 Å². The number of nitrogens with two attached hydrogens (primary N) is 2. The zero-order chi connectivity index (χ0) is 16.3. The van der Waals surface area contributed by atoms with Crippen molar-refractivity contribution in [2.45, 2.75) is 0 Å². The van der Waals surface area contributed by atoms with E-state index >= 15 is 0 Å². The second-order valence-corrected chi connectivity index (χ2v) is 4.51. The number of fused-ring (bicyclic) bond motifs is 1. The molecule has 22 heavy (non-hydrogen) atoms. The zero-order valence-electron chi connectivity index (χ0n) is 11.4.